The van der Waals surface area contributed by atoms with Crippen LogP contribution in [0.5, 0.6) is 0 Å². The van der Waals surface area contributed by atoms with Crippen molar-refractivity contribution in [2.24, 2.45) is 0 Å². The quantitative estimate of drug-likeness (QED) is 0.787. The van der Waals surface area contributed by atoms with Crippen LogP contribution < -0.4 is 5.32 Å². The summed E-state index contributed by atoms with van der Waals surface area (Å²) in [5.41, 5.74) is 3.19. The molecule has 2 aromatic heterocycles. The molecule has 0 spiro atoms. The Morgan fingerprint density at radius 2 is 1.95 bits per heavy atom. The van der Waals surface area contributed by atoms with E-state index in [0.29, 0.717) is 0 Å². The summed E-state index contributed by atoms with van der Waals surface area (Å²) in [4.78, 5) is 12.9. The average Bonchev–Trinajstić information content (AvgIpc) is 2.53. The molecule has 3 rings (SSSR count). The van der Waals surface area contributed by atoms with Crippen molar-refractivity contribution in [1.29, 1.82) is 0 Å². The third-order valence-corrected chi connectivity index (χ3v) is 3.34. The molecular formula is C16H16N4. The summed E-state index contributed by atoms with van der Waals surface area (Å²) in [5, 5.41) is 4.63. The fraction of sp³-hybridized carbons (Fsp3) is 0.188. The highest BCUT2D eigenvalue weighted by atomic mass is 14.9. The summed E-state index contributed by atoms with van der Waals surface area (Å²) >= 11 is 0. The van der Waals surface area contributed by atoms with E-state index in [2.05, 4.69) is 51.5 Å². The number of benzene rings is 1. The van der Waals surface area contributed by atoms with E-state index in [1.54, 1.807) is 18.6 Å². The highest BCUT2D eigenvalue weighted by Crippen LogP contribution is 2.17. The zero-order valence-corrected chi connectivity index (χ0v) is 11.3. The van der Waals surface area contributed by atoms with Gasteiger partial charge in [0.25, 0.3) is 0 Å². The van der Waals surface area contributed by atoms with Gasteiger partial charge in [-0.1, -0.05) is 24.3 Å². The third-order valence-electron chi connectivity index (χ3n) is 3.34. The molecule has 4 nitrogen and oxygen atoms in total. The molecule has 0 aliphatic carbocycles. The summed E-state index contributed by atoms with van der Waals surface area (Å²) in [5.74, 6) is 0. The normalized spacial score (nSPS) is 12.4. The zero-order valence-electron chi connectivity index (χ0n) is 11.3. The molecule has 1 aromatic carbocycles. The molecule has 20 heavy (non-hydrogen) atoms. The zero-order chi connectivity index (χ0) is 13.8. The number of aromatic nitrogens is 3. The SMILES string of the molecule is CC(NCc1cccc2cccnc12)c1cnccn1. The van der Waals surface area contributed by atoms with Crippen LogP contribution in [-0.4, -0.2) is 15.0 Å². The van der Waals surface area contributed by atoms with Crippen LogP contribution in [0.1, 0.15) is 24.2 Å². The first-order chi connectivity index (χ1) is 9.84. The molecule has 1 atom stereocenters. The van der Waals surface area contributed by atoms with E-state index in [-0.39, 0.29) is 6.04 Å². The Hall–Kier alpha value is -2.33. The molecule has 2 heterocycles. The van der Waals surface area contributed by atoms with Gasteiger partial charge in [0.05, 0.1) is 11.2 Å². The standard InChI is InChI=1S/C16H16N4/c1-12(15-11-17-8-9-18-15)20-10-14-5-2-4-13-6-3-7-19-16(13)14/h2-9,11-12,20H,10H2,1H3. The predicted octanol–water partition coefficient (Wildman–Crippen LogP) is 2.88. The van der Waals surface area contributed by atoms with Crippen molar-refractivity contribution in [3.63, 3.8) is 0 Å². The summed E-state index contributed by atoms with van der Waals surface area (Å²) in [6, 6.07) is 10.4. The minimum atomic E-state index is 0.155. The Morgan fingerprint density at radius 1 is 1.05 bits per heavy atom. The monoisotopic (exact) mass is 264 g/mol. The summed E-state index contributed by atoms with van der Waals surface area (Å²) in [6.07, 6.45) is 7.02. The summed E-state index contributed by atoms with van der Waals surface area (Å²) in [6.45, 7) is 2.84. The van der Waals surface area contributed by atoms with Crippen LogP contribution in [0.3, 0.4) is 0 Å². The van der Waals surface area contributed by atoms with E-state index in [4.69, 9.17) is 0 Å². The second kappa shape index (κ2) is 5.75. The molecule has 0 aliphatic rings. The smallest absolute Gasteiger partial charge is 0.0753 e. The van der Waals surface area contributed by atoms with Crippen molar-refractivity contribution in [2.75, 3.05) is 0 Å². The van der Waals surface area contributed by atoms with Crippen LogP contribution in [-0.2, 0) is 6.54 Å². The highest BCUT2D eigenvalue weighted by Gasteiger charge is 2.07. The maximum atomic E-state index is 4.46. The third kappa shape index (κ3) is 2.65. The van der Waals surface area contributed by atoms with Gasteiger partial charge in [-0.2, -0.15) is 0 Å². The van der Waals surface area contributed by atoms with Crippen molar-refractivity contribution < 1.29 is 0 Å². The summed E-state index contributed by atoms with van der Waals surface area (Å²) in [7, 11) is 0. The minimum absolute atomic E-state index is 0.155. The number of fused-ring (bicyclic) bond motifs is 1. The second-order valence-corrected chi connectivity index (χ2v) is 4.73. The largest absolute Gasteiger partial charge is 0.305 e. The van der Waals surface area contributed by atoms with Gasteiger partial charge in [-0.05, 0) is 18.6 Å². The molecule has 1 N–H and O–H groups in total. The average molecular weight is 264 g/mol. The molecule has 0 fully saturated rings. The number of nitrogens with zero attached hydrogens (tertiary/aromatic N) is 3. The van der Waals surface area contributed by atoms with Gasteiger partial charge in [0, 0.05) is 42.8 Å². The number of hydrogen-bond acceptors (Lipinski definition) is 4. The Kier molecular flexibility index (Phi) is 3.65. The van der Waals surface area contributed by atoms with Gasteiger partial charge in [0.1, 0.15) is 0 Å². The molecule has 0 aliphatic heterocycles. The van der Waals surface area contributed by atoms with E-state index in [1.807, 2.05) is 12.3 Å². The molecule has 0 bridgehead atoms. The van der Waals surface area contributed by atoms with Crippen molar-refractivity contribution in [3.8, 4) is 0 Å². The Balaban J connectivity index is 1.77. The van der Waals surface area contributed by atoms with E-state index >= 15 is 0 Å². The lowest BCUT2D eigenvalue weighted by Crippen LogP contribution is -2.19. The number of hydrogen-bond donors (Lipinski definition) is 1. The lowest BCUT2D eigenvalue weighted by molar-refractivity contribution is 0.560. The molecule has 0 saturated carbocycles. The van der Waals surface area contributed by atoms with E-state index in [0.717, 1.165) is 17.8 Å². The van der Waals surface area contributed by atoms with Crippen molar-refractivity contribution in [1.82, 2.24) is 20.3 Å². The topological polar surface area (TPSA) is 50.7 Å². The van der Waals surface area contributed by atoms with Crippen LogP contribution in [0.25, 0.3) is 10.9 Å². The van der Waals surface area contributed by atoms with Gasteiger partial charge in [-0.25, -0.2) is 0 Å². The molecular weight excluding hydrogens is 248 g/mol. The fourth-order valence-electron chi connectivity index (χ4n) is 2.21. The maximum Gasteiger partial charge on any atom is 0.0753 e. The molecule has 0 saturated heterocycles. The van der Waals surface area contributed by atoms with Gasteiger partial charge in [0.2, 0.25) is 0 Å². The number of rotatable bonds is 4. The molecule has 0 radical (unpaired) electrons. The Bertz CT molecular complexity index is 692. The van der Waals surface area contributed by atoms with Crippen LogP contribution in [0.2, 0.25) is 0 Å². The first kappa shape index (κ1) is 12.7. The molecule has 4 heteroatoms. The lowest BCUT2D eigenvalue weighted by Gasteiger charge is -2.13. The van der Waals surface area contributed by atoms with E-state index < -0.39 is 0 Å². The van der Waals surface area contributed by atoms with Gasteiger partial charge in [-0.3, -0.25) is 15.0 Å². The van der Waals surface area contributed by atoms with Crippen molar-refractivity contribution >= 4 is 10.9 Å². The second-order valence-electron chi connectivity index (χ2n) is 4.73. The van der Waals surface area contributed by atoms with Crippen molar-refractivity contribution in [3.05, 3.63) is 66.4 Å². The number of nitrogens with one attached hydrogen (secondary N) is 1. The highest BCUT2D eigenvalue weighted by molar-refractivity contribution is 5.81. The predicted molar refractivity (Wildman–Crippen MR) is 79.0 cm³/mol. The van der Waals surface area contributed by atoms with Crippen molar-refractivity contribution in [2.45, 2.75) is 19.5 Å². The minimum Gasteiger partial charge on any atom is -0.305 e. The molecule has 1 unspecified atom stereocenters. The first-order valence-electron chi connectivity index (χ1n) is 6.66. The summed E-state index contributed by atoms with van der Waals surface area (Å²) < 4.78 is 0. The number of para-hydroxylation sites is 1. The number of pyridine rings is 1. The van der Waals surface area contributed by atoms with Gasteiger partial charge in [-0.15, -0.1) is 0 Å². The van der Waals surface area contributed by atoms with Crippen LogP contribution in [0.15, 0.2) is 55.1 Å². The van der Waals surface area contributed by atoms with E-state index in [9.17, 15) is 0 Å². The lowest BCUT2D eigenvalue weighted by atomic mass is 10.1. The van der Waals surface area contributed by atoms with Crippen LogP contribution in [0.4, 0.5) is 0 Å². The molecule has 3 aromatic rings. The Morgan fingerprint density at radius 3 is 2.80 bits per heavy atom. The first-order valence-corrected chi connectivity index (χ1v) is 6.66. The van der Waals surface area contributed by atoms with Gasteiger partial charge in [0.15, 0.2) is 0 Å². The van der Waals surface area contributed by atoms with Gasteiger partial charge >= 0.3 is 0 Å². The van der Waals surface area contributed by atoms with E-state index in [1.165, 1.54) is 10.9 Å². The Labute approximate surface area is 117 Å². The van der Waals surface area contributed by atoms with Gasteiger partial charge < -0.3 is 5.32 Å². The molecule has 100 valence electrons. The van der Waals surface area contributed by atoms with Crippen LogP contribution in [0, 0.1) is 0 Å². The van der Waals surface area contributed by atoms with Crippen LogP contribution >= 0.6 is 0 Å². The molecule has 0 amide bonds. The fourth-order valence-corrected chi connectivity index (χ4v) is 2.21. The maximum absolute atomic E-state index is 4.46.